The first-order valence-electron chi connectivity index (χ1n) is 16.0. The van der Waals surface area contributed by atoms with Crippen LogP contribution in [0.5, 0.6) is 23.0 Å². The number of carbonyl (C=O) groups is 2. The number of halogens is 1. The lowest BCUT2D eigenvalue weighted by atomic mass is 9.87. The molecule has 0 amide bonds. The third-order valence-corrected chi connectivity index (χ3v) is 7.40. The molecule has 1 aromatic heterocycles. The molecule has 0 radical (unpaired) electrons. The maximum absolute atomic E-state index is 11.9. The number of pyridine rings is 1. The molecule has 0 saturated heterocycles. The highest BCUT2D eigenvalue weighted by atomic mass is 35.5. The summed E-state index contributed by atoms with van der Waals surface area (Å²) >= 11 is 0. The van der Waals surface area contributed by atoms with Crippen molar-refractivity contribution in [2.24, 2.45) is 0 Å². The molecular weight excluding hydrogens is 630 g/mol. The minimum absolute atomic E-state index is 0. The van der Waals surface area contributed by atoms with Crippen molar-refractivity contribution in [3.05, 3.63) is 106 Å². The number of fused-ring (bicyclic) bond motifs is 2. The van der Waals surface area contributed by atoms with Gasteiger partial charge in [0.2, 0.25) is 11.6 Å². The van der Waals surface area contributed by atoms with Gasteiger partial charge in [0, 0.05) is 34.7 Å². The predicted molar refractivity (Wildman–Crippen MR) is 192 cm³/mol. The van der Waals surface area contributed by atoms with Crippen molar-refractivity contribution >= 4 is 40.5 Å². The third kappa shape index (κ3) is 8.95. The minimum Gasteiger partial charge on any atom is -0.507 e. The summed E-state index contributed by atoms with van der Waals surface area (Å²) in [6, 6.07) is 18.7. The van der Waals surface area contributed by atoms with Crippen molar-refractivity contribution in [3.8, 4) is 23.0 Å². The number of Topliss-reactive ketones (excluding diaryl/α,β-unsaturated/α-hetero) is 2. The van der Waals surface area contributed by atoms with E-state index >= 15 is 0 Å². The van der Waals surface area contributed by atoms with Crippen LogP contribution in [0.1, 0.15) is 75.1 Å². The number of allylic oxidation sites excluding steroid dienone is 3. The van der Waals surface area contributed by atoms with Gasteiger partial charge >= 0.3 is 0 Å². The van der Waals surface area contributed by atoms with E-state index in [2.05, 4.69) is 11.1 Å². The van der Waals surface area contributed by atoms with Gasteiger partial charge < -0.3 is 24.1 Å². The number of rotatable bonds is 12. The molecule has 1 aliphatic rings. The zero-order chi connectivity index (χ0) is 33.9. The number of hydrogen-bond donors (Lipinski definition) is 1. The molecule has 48 heavy (non-hydrogen) atoms. The molecule has 8 nitrogen and oxygen atoms in total. The molecule has 0 saturated carbocycles. The molecule has 1 N–H and O–H groups in total. The molecule has 0 bridgehead atoms. The fourth-order valence-corrected chi connectivity index (χ4v) is 5.23. The second kappa shape index (κ2) is 17.9. The van der Waals surface area contributed by atoms with Crippen LogP contribution < -0.4 is 18.9 Å². The highest BCUT2D eigenvalue weighted by Crippen LogP contribution is 2.35. The maximum Gasteiger partial charge on any atom is 0.234 e. The number of ketones is 2. The van der Waals surface area contributed by atoms with Gasteiger partial charge in [-0.05, 0) is 89.2 Å². The summed E-state index contributed by atoms with van der Waals surface area (Å²) in [4.78, 5) is 28.5. The van der Waals surface area contributed by atoms with Gasteiger partial charge in [-0.25, -0.2) is 0 Å². The molecule has 4 aromatic rings. The van der Waals surface area contributed by atoms with Crippen LogP contribution in [0.4, 0.5) is 0 Å². The summed E-state index contributed by atoms with van der Waals surface area (Å²) < 4.78 is 23.0. The van der Waals surface area contributed by atoms with Crippen molar-refractivity contribution in [2.75, 3.05) is 26.4 Å². The SMILES string of the molecule is CC(C)=CCC1=C(O)c2ccccc2C(=O)C1=O.CCOc1ccc(Cc2nccc3cc(OCC)c(OCC)cc23)cc1OCC.Cl. The van der Waals surface area contributed by atoms with Crippen molar-refractivity contribution in [2.45, 2.75) is 54.4 Å². The van der Waals surface area contributed by atoms with Crippen molar-refractivity contribution < 1.29 is 33.6 Å². The number of ether oxygens (including phenoxy) is 4. The average molecular weight is 674 g/mol. The van der Waals surface area contributed by atoms with E-state index in [-0.39, 0.29) is 35.7 Å². The number of aromatic nitrogens is 1. The van der Waals surface area contributed by atoms with E-state index in [9.17, 15) is 14.7 Å². The number of aliphatic hydroxyl groups is 1. The smallest absolute Gasteiger partial charge is 0.234 e. The summed E-state index contributed by atoms with van der Waals surface area (Å²) in [5, 5.41) is 12.2. The van der Waals surface area contributed by atoms with Crippen molar-refractivity contribution in [1.29, 1.82) is 0 Å². The van der Waals surface area contributed by atoms with Crippen LogP contribution in [0.2, 0.25) is 0 Å². The van der Waals surface area contributed by atoms with Crippen LogP contribution in [-0.4, -0.2) is 48.1 Å². The monoisotopic (exact) mass is 673 g/mol. The van der Waals surface area contributed by atoms with Crippen LogP contribution in [0.15, 0.2) is 84.1 Å². The number of benzene rings is 3. The van der Waals surface area contributed by atoms with E-state index < -0.39 is 11.6 Å². The zero-order valence-electron chi connectivity index (χ0n) is 28.4. The first-order chi connectivity index (χ1) is 22.7. The van der Waals surface area contributed by atoms with E-state index in [1.807, 2.05) is 84.1 Å². The van der Waals surface area contributed by atoms with Crippen molar-refractivity contribution in [3.63, 3.8) is 0 Å². The highest BCUT2D eigenvalue weighted by Gasteiger charge is 2.31. The van der Waals surface area contributed by atoms with E-state index in [1.54, 1.807) is 24.3 Å². The van der Waals surface area contributed by atoms with Crippen LogP contribution in [-0.2, 0) is 11.2 Å². The Morgan fingerprint density at radius 2 is 1.31 bits per heavy atom. The fourth-order valence-electron chi connectivity index (χ4n) is 5.23. The molecule has 1 heterocycles. The van der Waals surface area contributed by atoms with E-state index in [0.29, 0.717) is 38.4 Å². The summed E-state index contributed by atoms with van der Waals surface area (Å²) in [5.74, 6) is 1.82. The Hall–Kier alpha value is -4.82. The lowest BCUT2D eigenvalue weighted by molar-refractivity contribution is -0.112. The fraction of sp³-hybridized carbons (Fsp3) is 0.308. The topological polar surface area (TPSA) is 104 Å². The largest absolute Gasteiger partial charge is 0.507 e. The van der Waals surface area contributed by atoms with Crippen LogP contribution >= 0.6 is 12.4 Å². The lowest BCUT2D eigenvalue weighted by Crippen LogP contribution is -2.23. The van der Waals surface area contributed by atoms with E-state index in [0.717, 1.165) is 50.6 Å². The van der Waals surface area contributed by atoms with Gasteiger partial charge in [0.1, 0.15) is 5.76 Å². The maximum atomic E-state index is 11.9. The average Bonchev–Trinajstić information content (AvgIpc) is 3.06. The Morgan fingerprint density at radius 3 is 1.94 bits per heavy atom. The van der Waals surface area contributed by atoms with Gasteiger partial charge in [-0.15, -0.1) is 12.4 Å². The van der Waals surface area contributed by atoms with Crippen molar-refractivity contribution in [1.82, 2.24) is 4.98 Å². The second-order valence-corrected chi connectivity index (χ2v) is 11.0. The summed E-state index contributed by atoms with van der Waals surface area (Å²) in [5.41, 5.74) is 4.04. The Bertz CT molecular complexity index is 1810. The zero-order valence-corrected chi connectivity index (χ0v) is 29.2. The number of carbonyl (C=O) groups excluding carboxylic acids is 2. The van der Waals surface area contributed by atoms with E-state index in [1.165, 1.54) is 0 Å². The van der Waals surface area contributed by atoms with E-state index in [4.69, 9.17) is 18.9 Å². The Kier molecular flexibility index (Phi) is 14.1. The van der Waals surface area contributed by atoms with Crippen LogP contribution in [0.25, 0.3) is 16.5 Å². The van der Waals surface area contributed by atoms with Gasteiger partial charge in [-0.3, -0.25) is 14.6 Å². The first kappa shape index (κ1) is 37.6. The molecule has 5 rings (SSSR count). The first-order valence-corrected chi connectivity index (χ1v) is 16.0. The molecule has 254 valence electrons. The number of aliphatic hydroxyl groups excluding tert-OH is 1. The molecule has 0 aliphatic heterocycles. The van der Waals surface area contributed by atoms with Gasteiger partial charge in [0.25, 0.3) is 0 Å². The standard InChI is InChI=1S/C24H29NO4.C15H14O3.ClH/c1-5-26-21-10-9-17(14-22(21)27-6-2)13-20-19-16-24(29-8-4)23(28-7-3)15-18(19)11-12-25-20;1-9(2)7-8-12-13(16)10-5-3-4-6-11(10)14(17)15(12)18;/h9-12,14-16H,5-8,13H2,1-4H3;3-7,16H,8H2,1-2H3;1H. The second-order valence-electron chi connectivity index (χ2n) is 11.0. The van der Waals surface area contributed by atoms with Crippen LogP contribution in [0.3, 0.4) is 0 Å². The van der Waals surface area contributed by atoms with Gasteiger partial charge in [0.15, 0.2) is 23.0 Å². The Morgan fingerprint density at radius 1 is 0.729 bits per heavy atom. The normalized spacial score (nSPS) is 12.0. The molecular formula is C39H44ClNO7. The molecule has 0 fully saturated rings. The highest BCUT2D eigenvalue weighted by molar-refractivity contribution is 6.52. The van der Waals surface area contributed by atoms with Gasteiger partial charge in [0.05, 0.1) is 32.1 Å². The number of hydrogen-bond acceptors (Lipinski definition) is 8. The molecule has 0 unspecified atom stereocenters. The summed E-state index contributed by atoms with van der Waals surface area (Å²) in [6.45, 7) is 14.1. The molecule has 1 aliphatic carbocycles. The Balaban J connectivity index is 0.000000283. The van der Waals surface area contributed by atoms with Crippen LogP contribution in [0, 0.1) is 0 Å². The number of nitrogens with zero attached hydrogens (tertiary/aromatic N) is 1. The van der Waals surface area contributed by atoms with Gasteiger partial charge in [-0.1, -0.05) is 42.0 Å². The molecule has 9 heteroatoms. The minimum atomic E-state index is -0.608. The summed E-state index contributed by atoms with van der Waals surface area (Å²) in [6.07, 6.45) is 4.63. The third-order valence-electron chi connectivity index (χ3n) is 7.40. The lowest BCUT2D eigenvalue weighted by Gasteiger charge is -2.16. The van der Waals surface area contributed by atoms with Gasteiger partial charge in [-0.2, -0.15) is 0 Å². The molecule has 0 atom stereocenters. The molecule has 3 aromatic carbocycles. The predicted octanol–water partition coefficient (Wildman–Crippen LogP) is 8.92. The summed E-state index contributed by atoms with van der Waals surface area (Å²) in [7, 11) is 0. The quantitative estimate of drug-likeness (QED) is 0.117. The molecule has 0 spiro atoms. The Labute approximate surface area is 288 Å².